The molecule has 1 aromatic rings. The summed E-state index contributed by atoms with van der Waals surface area (Å²) in [7, 11) is 0. The second-order valence-corrected chi connectivity index (χ2v) is 6.13. The smallest absolute Gasteiger partial charge is 0.293 e. The molecule has 0 radical (unpaired) electrons. The van der Waals surface area contributed by atoms with Gasteiger partial charge in [0.25, 0.3) is 5.56 Å². The Morgan fingerprint density at radius 3 is 2.95 bits per heavy atom. The second kappa shape index (κ2) is 4.34. The molecule has 0 amide bonds. The maximum atomic E-state index is 12.4. The van der Waals surface area contributed by atoms with Gasteiger partial charge in [-0.25, -0.2) is 4.98 Å². The average Bonchev–Trinajstić information content (AvgIpc) is 2.93. The van der Waals surface area contributed by atoms with Crippen LogP contribution in [0.4, 0.5) is 5.82 Å². The average molecular weight is 262 g/mol. The Labute approximate surface area is 113 Å². The first kappa shape index (κ1) is 12.7. The van der Waals surface area contributed by atoms with E-state index < -0.39 is 0 Å². The molecule has 19 heavy (non-hydrogen) atoms. The van der Waals surface area contributed by atoms with Gasteiger partial charge in [-0.2, -0.15) is 0 Å². The molecule has 0 bridgehead atoms. The molecule has 2 aliphatic rings. The molecule has 5 nitrogen and oxygen atoms in total. The van der Waals surface area contributed by atoms with Crippen molar-refractivity contribution in [3.05, 3.63) is 22.7 Å². The molecule has 104 valence electrons. The maximum absolute atomic E-state index is 12.4. The Bertz CT molecular complexity index is 536. The zero-order valence-corrected chi connectivity index (χ0v) is 11.9. The van der Waals surface area contributed by atoms with Gasteiger partial charge >= 0.3 is 0 Å². The van der Waals surface area contributed by atoms with E-state index in [0.717, 1.165) is 19.6 Å². The Morgan fingerprint density at radius 1 is 1.47 bits per heavy atom. The minimum absolute atomic E-state index is 0.00670. The Kier molecular flexibility index (Phi) is 2.89. The van der Waals surface area contributed by atoms with E-state index in [0.29, 0.717) is 24.2 Å². The third-order valence-electron chi connectivity index (χ3n) is 4.85. The zero-order chi connectivity index (χ0) is 13.6. The van der Waals surface area contributed by atoms with Crippen molar-refractivity contribution in [2.45, 2.75) is 32.9 Å². The van der Waals surface area contributed by atoms with Crippen molar-refractivity contribution < 1.29 is 0 Å². The van der Waals surface area contributed by atoms with E-state index >= 15 is 0 Å². The van der Waals surface area contributed by atoms with Crippen molar-refractivity contribution in [1.29, 1.82) is 0 Å². The van der Waals surface area contributed by atoms with E-state index in [-0.39, 0.29) is 11.1 Å². The summed E-state index contributed by atoms with van der Waals surface area (Å²) in [6.45, 7) is 10.2. The van der Waals surface area contributed by atoms with Crippen LogP contribution < -0.4 is 15.8 Å². The lowest BCUT2D eigenvalue weighted by molar-refractivity contribution is 0.355. The van der Waals surface area contributed by atoms with Crippen LogP contribution in [-0.2, 0) is 6.54 Å². The lowest BCUT2D eigenvalue weighted by atomic mass is 9.85. The summed E-state index contributed by atoms with van der Waals surface area (Å²) >= 11 is 0. The molecular weight excluding hydrogens is 240 g/mol. The molecule has 2 atom stereocenters. The molecule has 2 unspecified atom stereocenters. The number of aryl methyl sites for hydroxylation is 1. The number of nitrogens with one attached hydrogen (secondary N) is 1. The Morgan fingerprint density at radius 2 is 2.26 bits per heavy atom. The van der Waals surface area contributed by atoms with E-state index in [1.54, 1.807) is 17.0 Å². The third-order valence-corrected chi connectivity index (χ3v) is 4.85. The fourth-order valence-corrected chi connectivity index (χ4v) is 3.65. The van der Waals surface area contributed by atoms with Gasteiger partial charge in [0.05, 0.1) is 0 Å². The number of anilines is 1. The van der Waals surface area contributed by atoms with Crippen molar-refractivity contribution in [2.75, 3.05) is 24.5 Å². The van der Waals surface area contributed by atoms with E-state index in [4.69, 9.17) is 0 Å². The molecule has 5 heteroatoms. The molecule has 0 aromatic carbocycles. The minimum atomic E-state index is -0.00670. The van der Waals surface area contributed by atoms with Gasteiger partial charge in [0.15, 0.2) is 5.82 Å². The molecule has 3 heterocycles. The summed E-state index contributed by atoms with van der Waals surface area (Å²) < 4.78 is 1.73. The number of nitrogens with zero attached hydrogens (tertiary/aromatic N) is 3. The summed E-state index contributed by atoms with van der Waals surface area (Å²) in [6.07, 6.45) is 3.50. The lowest BCUT2D eigenvalue weighted by Gasteiger charge is -2.36. The van der Waals surface area contributed by atoms with Gasteiger partial charge in [0, 0.05) is 44.1 Å². The standard InChI is InChI=1S/C14H22N4O/c1-4-17-6-5-16-12(13(17)19)18-9-10-7-15-8-11(10)14(18,2)3/h5-6,10-11,15H,4,7-9H2,1-3H3. The van der Waals surface area contributed by atoms with Crippen LogP contribution in [0, 0.1) is 11.8 Å². The van der Waals surface area contributed by atoms with E-state index in [1.807, 2.05) is 6.92 Å². The van der Waals surface area contributed by atoms with Crippen LogP contribution in [-0.4, -0.2) is 34.7 Å². The fourth-order valence-electron chi connectivity index (χ4n) is 3.65. The summed E-state index contributed by atoms with van der Waals surface area (Å²) in [6, 6.07) is 0. The normalized spacial score (nSPS) is 28.7. The van der Waals surface area contributed by atoms with Crippen molar-refractivity contribution in [3.8, 4) is 0 Å². The van der Waals surface area contributed by atoms with Gasteiger partial charge in [-0.1, -0.05) is 0 Å². The molecule has 1 aromatic heterocycles. The highest BCUT2D eigenvalue weighted by molar-refractivity contribution is 5.43. The highest BCUT2D eigenvalue weighted by atomic mass is 16.1. The van der Waals surface area contributed by atoms with Gasteiger partial charge in [0.2, 0.25) is 0 Å². The number of rotatable bonds is 2. The van der Waals surface area contributed by atoms with Crippen molar-refractivity contribution in [3.63, 3.8) is 0 Å². The van der Waals surface area contributed by atoms with E-state index in [9.17, 15) is 4.79 Å². The van der Waals surface area contributed by atoms with Crippen molar-refractivity contribution >= 4 is 5.82 Å². The van der Waals surface area contributed by atoms with Crippen LogP contribution in [0.3, 0.4) is 0 Å². The summed E-state index contributed by atoms with van der Waals surface area (Å²) in [5, 5.41) is 3.46. The molecule has 1 N–H and O–H groups in total. The number of fused-ring (bicyclic) bond motifs is 1. The topological polar surface area (TPSA) is 50.2 Å². The molecular formula is C14H22N4O. The SMILES string of the molecule is CCn1ccnc(N2CC3CNCC3C2(C)C)c1=O. The number of hydrogen-bond donors (Lipinski definition) is 1. The van der Waals surface area contributed by atoms with Crippen LogP contribution in [0.25, 0.3) is 0 Å². The predicted octanol–water partition coefficient (Wildman–Crippen LogP) is 0.697. The van der Waals surface area contributed by atoms with Gasteiger partial charge in [-0.3, -0.25) is 4.79 Å². The largest absolute Gasteiger partial charge is 0.346 e. The zero-order valence-electron chi connectivity index (χ0n) is 11.9. The Balaban J connectivity index is 2.02. The molecule has 2 fully saturated rings. The maximum Gasteiger partial charge on any atom is 0.293 e. The monoisotopic (exact) mass is 262 g/mol. The molecule has 3 rings (SSSR count). The van der Waals surface area contributed by atoms with Crippen LogP contribution in [0.15, 0.2) is 17.2 Å². The number of aromatic nitrogens is 2. The summed E-state index contributed by atoms with van der Waals surface area (Å²) in [5.41, 5.74) is 0.0266. The number of hydrogen-bond acceptors (Lipinski definition) is 4. The first-order valence-corrected chi connectivity index (χ1v) is 7.09. The van der Waals surface area contributed by atoms with Crippen LogP contribution in [0.5, 0.6) is 0 Å². The molecule has 0 aliphatic carbocycles. The summed E-state index contributed by atoms with van der Waals surface area (Å²) in [5.74, 6) is 1.85. The van der Waals surface area contributed by atoms with Crippen molar-refractivity contribution in [2.24, 2.45) is 11.8 Å². The third kappa shape index (κ3) is 1.79. The highest BCUT2D eigenvalue weighted by Crippen LogP contribution is 2.41. The molecule has 0 spiro atoms. The van der Waals surface area contributed by atoms with Gasteiger partial charge in [0.1, 0.15) is 0 Å². The van der Waals surface area contributed by atoms with Gasteiger partial charge < -0.3 is 14.8 Å². The van der Waals surface area contributed by atoms with Gasteiger partial charge in [-0.05, 0) is 32.6 Å². The fraction of sp³-hybridized carbons (Fsp3) is 0.714. The van der Waals surface area contributed by atoms with E-state index in [1.165, 1.54) is 0 Å². The summed E-state index contributed by atoms with van der Waals surface area (Å²) in [4.78, 5) is 19.0. The lowest BCUT2D eigenvalue weighted by Crippen LogP contribution is -2.47. The first-order chi connectivity index (χ1) is 9.05. The van der Waals surface area contributed by atoms with E-state index in [2.05, 4.69) is 29.0 Å². The first-order valence-electron chi connectivity index (χ1n) is 7.09. The van der Waals surface area contributed by atoms with Gasteiger partial charge in [-0.15, -0.1) is 0 Å². The Hall–Kier alpha value is -1.36. The predicted molar refractivity (Wildman–Crippen MR) is 75.4 cm³/mol. The second-order valence-electron chi connectivity index (χ2n) is 6.13. The molecule has 2 saturated heterocycles. The molecule has 0 saturated carbocycles. The van der Waals surface area contributed by atoms with Crippen molar-refractivity contribution in [1.82, 2.24) is 14.9 Å². The van der Waals surface area contributed by atoms with Crippen LogP contribution in [0.1, 0.15) is 20.8 Å². The highest BCUT2D eigenvalue weighted by Gasteiger charge is 2.50. The molecule has 2 aliphatic heterocycles. The quantitative estimate of drug-likeness (QED) is 0.852. The minimum Gasteiger partial charge on any atom is -0.346 e. The van der Waals surface area contributed by atoms with Crippen LogP contribution in [0.2, 0.25) is 0 Å². The van der Waals surface area contributed by atoms with Crippen LogP contribution >= 0.6 is 0 Å².